The predicted molar refractivity (Wildman–Crippen MR) is 255 cm³/mol. The second-order valence-electron chi connectivity index (χ2n) is 17.5. The third-order valence-corrected chi connectivity index (χ3v) is 14.4. The quantitative estimate of drug-likeness (QED) is 0.166. The van der Waals surface area contributed by atoms with Crippen LogP contribution in [0.2, 0.25) is 0 Å². The van der Waals surface area contributed by atoms with Crippen molar-refractivity contribution in [2.75, 3.05) is 9.80 Å². The van der Waals surface area contributed by atoms with Crippen LogP contribution in [0, 0.1) is 0 Å². The van der Waals surface area contributed by atoms with Crippen molar-refractivity contribution in [2.24, 2.45) is 0 Å². The number of benzene rings is 9. The minimum Gasteiger partial charge on any atom is -0.458 e. The first-order chi connectivity index (χ1) is 30.7. The summed E-state index contributed by atoms with van der Waals surface area (Å²) in [6.45, 7) is 0.272. The molecule has 6 aliphatic heterocycles. The zero-order valence-electron chi connectivity index (χ0n) is 33.6. The van der Waals surface area contributed by atoms with Gasteiger partial charge in [-0.15, -0.1) is 0 Å². The Bertz CT molecular complexity index is 3050. The van der Waals surface area contributed by atoms with Gasteiger partial charge in [-0.25, -0.2) is 0 Å². The van der Waals surface area contributed by atoms with E-state index in [9.17, 15) is 0 Å². The average molecular weight is 789 g/mol. The number of para-hydroxylation sites is 2. The summed E-state index contributed by atoms with van der Waals surface area (Å²) in [6.07, 6.45) is 1.74. The summed E-state index contributed by atoms with van der Waals surface area (Å²) in [5, 5.41) is 0. The first-order valence-corrected chi connectivity index (χ1v) is 21.7. The highest BCUT2D eigenvalue weighted by molar-refractivity contribution is 7.01. The van der Waals surface area contributed by atoms with Gasteiger partial charge in [0.25, 0.3) is 13.4 Å². The zero-order chi connectivity index (χ0) is 40.2. The van der Waals surface area contributed by atoms with Crippen molar-refractivity contribution in [3.8, 4) is 45.3 Å². The van der Waals surface area contributed by atoms with E-state index in [1.807, 2.05) is 0 Å². The van der Waals surface area contributed by atoms with Crippen LogP contribution in [-0.4, -0.2) is 13.4 Å². The van der Waals surface area contributed by atoms with E-state index in [2.05, 4.69) is 192 Å². The Hall–Kier alpha value is -7.69. The summed E-state index contributed by atoms with van der Waals surface area (Å²) >= 11 is 0. The maximum absolute atomic E-state index is 6.93. The van der Waals surface area contributed by atoms with Gasteiger partial charge in [0.1, 0.15) is 23.0 Å². The topological polar surface area (TPSA) is 24.9 Å². The predicted octanol–water partition coefficient (Wildman–Crippen LogP) is 9.64. The minimum atomic E-state index is 0.136. The minimum absolute atomic E-state index is 0.136. The van der Waals surface area contributed by atoms with Gasteiger partial charge >= 0.3 is 0 Å². The smallest absolute Gasteiger partial charge is 0.257 e. The van der Waals surface area contributed by atoms with Gasteiger partial charge in [0.2, 0.25) is 0 Å². The number of ether oxygens (including phenoxy) is 2. The number of rotatable bonds is 4. The second-order valence-corrected chi connectivity index (χ2v) is 17.5. The molecule has 0 spiro atoms. The molecule has 6 heterocycles. The summed E-state index contributed by atoms with van der Waals surface area (Å²) < 4.78 is 13.9. The first kappa shape index (κ1) is 33.1. The molecule has 0 N–H and O–H groups in total. The Morgan fingerprint density at radius 2 is 0.710 bits per heavy atom. The molecule has 0 atom stereocenters. The molecule has 15 rings (SSSR count). The van der Waals surface area contributed by atoms with Crippen molar-refractivity contribution >= 4 is 80.3 Å². The third-order valence-electron chi connectivity index (χ3n) is 14.4. The summed E-state index contributed by atoms with van der Waals surface area (Å²) in [5.74, 6) is 3.83. The molecule has 0 aliphatic carbocycles. The molecule has 4 nitrogen and oxygen atoms in total. The van der Waals surface area contributed by atoms with Gasteiger partial charge in [0, 0.05) is 34.1 Å². The van der Waals surface area contributed by atoms with Gasteiger partial charge in [0.15, 0.2) is 0 Å². The van der Waals surface area contributed by atoms with Gasteiger partial charge in [-0.2, -0.15) is 0 Å². The van der Waals surface area contributed by atoms with Gasteiger partial charge in [-0.1, -0.05) is 109 Å². The molecular formula is C56H34B2N2O2. The standard InChI is InChI=1S/C56H34B2N2O2/c1-3-13-41(14-4-1)59-43-17-7-11-35-27-39-29-37(31-49-53(39)57(51(35)43)55-45(59)19-9-21-47(55)61-49)33-23-25-34(26-24-33)38-30-40-28-36-12-8-18-44-52(36)58-54(40)50(32-38)62-48-22-10-20-46(56(48)58)60(44)42-15-5-2-6-16-42/h1-26,29-32H,27-28H2. The number of hydrogen-bond acceptors (Lipinski definition) is 4. The number of nitrogens with zero attached hydrogens (tertiary/aromatic N) is 2. The zero-order valence-corrected chi connectivity index (χ0v) is 33.6. The fraction of sp³-hybridized carbons (Fsp3) is 0.0357. The molecule has 0 saturated heterocycles. The Morgan fingerprint density at radius 3 is 1.15 bits per heavy atom. The molecule has 0 unspecified atom stereocenters. The SMILES string of the molecule is c1ccc(N2c3cccc4c3B3c5c(cc(-c6ccc(-c7cc8c9c(c7)Oc7cccc%10c7B9c7c(cccc7N%10c7ccccc7)C8)cc6)cc5Oc5cccc2c53)C4)cc1. The normalized spacial score (nSPS) is 14.5. The second kappa shape index (κ2) is 12.0. The van der Waals surface area contributed by atoms with Crippen molar-refractivity contribution in [3.63, 3.8) is 0 Å². The summed E-state index contributed by atoms with van der Waals surface area (Å²) in [7, 11) is 0. The lowest BCUT2D eigenvalue weighted by atomic mass is 9.31. The van der Waals surface area contributed by atoms with Crippen LogP contribution in [0.5, 0.6) is 23.0 Å². The Balaban J connectivity index is 0.811. The van der Waals surface area contributed by atoms with Crippen LogP contribution in [0.3, 0.4) is 0 Å². The van der Waals surface area contributed by atoms with Crippen LogP contribution < -0.4 is 52.1 Å². The maximum Gasteiger partial charge on any atom is 0.257 e. The fourth-order valence-electron chi connectivity index (χ4n) is 11.9. The highest BCUT2D eigenvalue weighted by Crippen LogP contribution is 2.46. The van der Waals surface area contributed by atoms with E-state index >= 15 is 0 Å². The summed E-state index contributed by atoms with van der Waals surface area (Å²) in [4.78, 5) is 4.85. The molecular weight excluding hydrogens is 754 g/mol. The molecule has 0 fully saturated rings. The number of anilines is 6. The molecule has 9 aromatic rings. The fourth-order valence-corrected chi connectivity index (χ4v) is 11.9. The highest BCUT2D eigenvalue weighted by Gasteiger charge is 2.47. The van der Waals surface area contributed by atoms with E-state index in [0.717, 1.165) is 47.2 Å². The van der Waals surface area contributed by atoms with E-state index in [1.54, 1.807) is 0 Å². The van der Waals surface area contributed by atoms with Crippen LogP contribution >= 0.6 is 0 Å². The van der Waals surface area contributed by atoms with Gasteiger partial charge < -0.3 is 19.3 Å². The van der Waals surface area contributed by atoms with Gasteiger partial charge in [-0.3, -0.25) is 0 Å². The van der Waals surface area contributed by atoms with Crippen LogP contribution in [0.4, 0.5) is 34.1 Å². The van der Waals surface area contributed by atoms with Crippen molar-refractivity contribution in [3.05, 3.63) is 204 Å². The summed E-state index contributed by atoms with van der Waals surface area (Å²) in [6, 6.07) is 66.7. The largest absolute Gasteiger partial charge is 0.458 e. The molecule has 9 aromatic carbocycles. The Labute approximate surface area is 360 Å². The number of hydrogen-bond donors (Lipinski definition) is 0. The first-order valence-electron chi connectivity index (χ1n) is 21.7. The van der Waals surface area contributed by atoms with Gasteiger partial charge in [-0.05, 0) is 163 Å². The lowest BCUT2D eigenvalue weighted by Gasteiger charge is -2.43. The van der Waals surface area contributed by atoms with E-state index in [0.29, 0.717) is 0 Å². The van der Waals surface area contributed by atoms with Crippen LogP contribution in [0.25, 0.3) is 22.3 Å². The molecule has 286 valence electrons. The maximum atomic E-state index is 6.93. The Kier molecular flexibility index (Phi) is 6.40. The van der Waals surface area contributed by atoms with E-state index in [-0.39, 0.29) is 13.4 Å². The average Bonchev–Trinajstić information content (AvgIpc) is 3.32. The third kappa shape index (κ3) is 4.33. The molecule has 0 aromatic heterocycles. The Morgan fingerprint density at radius 1 is 0.306 bits per heavy atom. The van der Waals surface area contributed by atoms with Crippen LogP contribution in [0.1, 0.15) is 22.3 Å². The summed E-state index contributed by atoms with van der Waals surface area (Å²) in [5.41, 5.74) is 25.4. The molecule has 0 radical (unpaired) electrons. The molecule has 0 amide bonds. The van der Waals surface area contributed by atoms with E-state index in [4.69, 9.17) is 9.47 Å². The van der Waals surface area contributed by atoms with Crippen molar-refractivity contribution in [1.82, 2.24) is 0 Å². The van der Waals surface area contributed by atoms with E-state index in [1.165, 1.54) is 100 Å². The monoisotopic (exact) mass is 788 g/mol. The molecule has 0 saturated carbocycles. The molecule has 0 bridgehead atoms. The highest BCUT2D eigenvalue weighted by atomic mass is 16.5. The van der Waals surface area contributed by atoms with Crippen molar-refractivity contribution in [1.29, 1.82) is 0 Å². The van der Waals surface area contributed by atoms with Gasteiger partial charge in [0.05, 0.1) is 0 Å². The molecule has 62 heavy (non-hydrogen) atoms. The van der Waals surface area contributed by atoms with Crippen molar-refractivity contribution in [2.45, 2.75) is 12.8 Å². The lowest BCUT2D eigenvalue weighted by Crippen LogP contribution is -2.63. The molecule has 6 heteroatoms. The van der Waals surface area contributed by atoms with Crippen LogP contribution in [0.15, 0.2) is 182 Å². The van der Waals surface area contributed by atoms with E-state index < -0.39 is 0 Å². The molecule has 6 aliphatic rings. The van der Waals surface area contributed by atoms with Crippen molar-refractivity contribution < 1.29 is 9.47 Å². The lowest BCUT2D eigenvalue weighted by molar-refractivity contribution is 0.487. The van der Waals surface area contributed by atoms with Crippen LogP contribution in [-0.2, 0) is 12.8 Å².